The molecule has 0 aliphatic carbocycles. The molecular weight excluding hydrogens is 290 g/mol. The molecule has 0 saturated heterocycles. The lowest BCUT2D eigenvalue weighted by atomic mass is 10.4. The number of sulfonamides is 1. The van der Waals surface area contributed by atoms with Crippen LogP contribution in [-0.2, 0) is 14.8 Å². The summed E-state index contributed by atoms with van der Waals surface area (Å²) in [7, 11) is -2.47. The minimum atomic E-state index is -3.77. The molecule has 1 amide bonds. The molecule has 1 N–H and O–H groups in total. The molecule has 110 valence electrons. The molecule has 0 aliphatic heterocycles. The van der Waals surface area contributed by atoms with E-state index in [2.05, 4.69) is 11.9 Å². The summed E-state index contributed by atoms with van der Waals surface area (Å²) >= 11 is 0. The number of amides is 1. The Balaban J connectivity index is 2.66. The third kappa shape index (κ3) is 4.10. The molecule has 20 heavy (non-hydrogen) atoms. The zero-order valence-electron chi connectivity index (χ0n) is 10.8. The Morgan fingerprint density at radius 2 is 1.90 bits per heavy atom. The van der Waals surface area contributed by atoms with Gasteiger partial charge in [0.2, 0.25) is 10.0 Å². The van der Waals surface area contributed by atoms with Crippen molar-refractivity contribution in [3.05, 3.63) is 42.5 Å². The van der Waals surface area contributed by atoms with E-state index in [0.717, 1.165) is 28.6 Å². The van der Waals surface area contributed by atoms with Crippen molar-refractivity contribution in [2.75, 3.05) is 20.1 Å². The maximum absolute atomic E-state index is 12.7. The van der Waals surface area contributed by atoms with Crippen LogP contribution in [0.1, 0.15) is 0 Å². The first-order valence-corrected chi connectivity index (χ1v) is 7.03. The molecule has 1 aromatic rings. The highest BCUT2D eigenvalue weighted by molar-refractivity contribution is 7.89. The fourth-order valence-electron chi connectivity index (χ4n) is 1.33. The number of carbonyl (C=O) groups excluding carboxylic acids is 1. The van der Waals surface area contributed by atoms with Crippen LogP contribution in [0.4, 0.5) is 8.78 Å². The first-order chi connectivity index (χ1) is 9.25. The first-order valence-electron chi connectivity index (χ1n) is 5.59. The lowest BCUT2D eigenvalue weighted by molar-refractivity contribution is -0.118. The number of hydrogen-bond acceptors (Lipinski definition) is 3. The largest absolute Gasteiger partial charge is 0.349 e. The van der Waals surface area contributed by atoms with Gasteiger partial charge < -0.3 is 5.32 Å². The zero-order chi connectivity index (χ0) is 15.3. The molecule has 0 saturated carbocycles. The SMILES string of the molecule is C=C(F)C(=O)NCCN(C)S(=O)(=O)c1ccc(F)cc1. The van der Waals surface area contributed by atoms with Crippen molar-refractivity contribution in [1.29, 1.82) is 0 Å². The van der Waals surface area contributed by atoms with Gasteiger partial charge in [0, 0.05) is 20.1 Å². The molecule has 0 fully saturated rings. The summed E-state index contributed by atoms with van der Waals surface area (Å²) in [6.07, 6.45) is 0. The second-order valence-corrected chi connectivity index (χ2v) is 5.99. The van der Waals surface area contributed by atoms with Crippen LogP contribution in [0.3, 0.4) is 0 Å². The average molecular weight is 304 g/mol. The van der Waals surface area contributed by atoms with E-state index in [9.17, 15) is 22.0 Å². The van der Waals surface area contributed by atoms with Crippen LogP contribution in [0.15, 0.2) is 41.6 Å². The van der Waals surface area contributed by atoms with Crippen molar-refractivity contribution in [2.24, 2.45) is 0 Å². The second-order valence-electron chi connectivity index (χ2n) is 3.94. The molecule has 5 nitrogen and oxygen atoms in total. The van der Waals surface area contributed by atoms with Crippen LogP contribution in [0.25, 0.3) is 0 Å². The number of carbonyl (C=O) groups is 1. The average Bonchev–Trinajstić information content (AvgIpc) is 2.38. The smallest absolute Gasteiger partial charge is 0.279 e. The van der Waals surface area contributed by atoms with E-state index in [0.29, 0.717) is 0 Å². The van der Waals surface area contributed by atoms with E-state index in [1.807, 2.05) is 0 Å². The lowest BCUT2D eigenvalue weighted by Gasteiger charge is -2.17. The van der Waals surface area contributed by atoms with E-state index in [-0.39, 0.29) is 18.0 Å². The molecule has 0 heterocycles. The van der Waals surface area contributed by atoms with Crippen molar-refractivity contribution < 1.29 is 22.0 Å². The third-order valence-corrected chi connectivity index (χ3v) is 4.35. The topological polar surface area (TPSA) is 66.5 Å². The van der Waals surface area contributed by atoms with Gasteiger partial charge in [0.05, 0.1) is 4.90 Å². The fourth-order valence-corrected chi connectivity index (χ4v) is 2.50. The highest BCUT2D eigenvalue weighted by Crippen LogP contribution is 2.14. The summed E-state index contributed by atoms with van der Waals surface area (Å²) in [6, 6.07) is 4.36. The normalized spacial score (nSPS) is 11.4. The monoisotopic (exact) mass is 304 g/mol. The fraction of sp³-hybridized carbons (Fsp3) is 0.250. The van der Waals surface area contributed by atoms with E-state index in [1.54, 1.807) is 0 Å². The maximum Gasteiger partial charge on any atom is 0.279 e. The van der Waals surface area contributed by atoms with Gasteiger partial charge in [-0.15, -0.1) is 0 Å². The van der Waals surface area contributed by atoms with E-state index >= 15 is 0 Å². The van der Waals surface area contributed by atoms with Gasteiger partial charge in [-0.3, -0.25) is 4.79 Å². The van der Waals surface area contributed by atoms with Crippen LogP contribution in [-0.4, -0.2) is 38.8 Å². The van der Waals surface area contributed by atoms with E-state index in [4.69, 9.17) is 0 Å². The minimum absolute atomic E-state index is 0.0568. The van der Waals surface area contributed by atoms with Gasteiger partial charge in [-0.25, -0.2) is 17.2 Å². The van der Waals surface area contributed by atoms with Gasteiger partial charge in [-0.05, 0) is 24.3 Å². The van der Waals surface area contributed by atoms with Crippen molar-refractivity contribution in [1.82, 2.24) is 9.62 Å². The summed E-state index contributed by atoms with van der Waals surface area (Å²) in [5.74, 6) is -2.67. The molecule has 0 unspecified atom stereocenters. The molecule has 0 aromatic heterocycles. The van der Waals surface area contributed by atoms with Gasteiger partial charge in [-0.2, -0.15) is 4.31 Å². The Morgan fingerprint density at radius 3 is 2.40 bits per heavy atom. The van der Waals surface area contributed by atoms with Gasteiger partial charge >= 0.3 is 0 Å². The number of nitrogens with zero attached hydrogens (tertiary/aromatic N) is 1. The van der Waals surface area contributed by atoms with Crippen LogP contribution in [0.2, 0.25) is 0 Å². The summed E-state index contributed by atoms with van der Waals surface area (Å²) in [5, 5.41) is 2.17. The Kier molecular flexibility index (Phi) is 5.34. The van der Waals surface area contributed by atoms with Crippen LogP contribution < -0.4 is 5.32 Å². The summed E-state index contributed by atoms with van der Waals surface area (Å²) in [4.78, 5) is 10.8. The molecular formula is C12H14F2N2O3S. The maximum atomic E-state index is 12.7. The highest BCUT2D eigenvalue weighted by Gasteiger charge is 2.20. The Morgan fingerprint density at radius 1 is 1.35 bits per heavy atom. The Labute approximate surface area is 115 Å². The quantitative estimate of drug-likeness (QED) is 0.799. The molecule has 1 rings (SSSR count). The highest BCUT2D eigenvalue weighted by atomic mass is 32.2. The molecule has 0 radical (unpaired) electrons. The van der Waals surface area contributed by atoms with Crippen molar-refractivity contribution in [2.45, 2.75) is 4.90 Å². The molecule has 0 aliphatic rings. The van der Waals surface area contributed by atoms with Gasteiger partial charge in [0.1, 0.15) is 5.82 Å². The molecule has 1 aromatic carbocycles. The standard InChI is InChI=1S/C12H14F2N2O3S/c1-9(13)12(17)15-7-8-16(2)20(18,19)11-5-3-10(14)4-6-11/h3-6H,1,7-8H2,2H3,(H,15,17). The minimum Gasteiger partial charge on any atom is -0.349 e. The van der Waals surface area contributed by atoms with Gasteiger partial charge in [0.25, 0.3) is 5.91 Å². The summed E-state index contributed by atoms with van der Waals surface area (Å²) < 4.78 is 50.2. The van der Waals surface area contributed by atoms with Gasteiger partial charge in [-0.1, -0.05) is 6.58 Å². The number of nitrogens with one attached hydrogen (secondary N) is 1. The lowest BCUT2D eigenvalue weighted by Crippen LogP contribution is -2.36. The zero-order valence-corrected chi connectivity index (χ0v) is 11.6. The Bertz CT molecular complexity index is 600. The third-order valence-electron chi connectivity index (χ3n) is 2.48. The number of likely N-dealkylation sites (N-methyl/N-ethyl adjacent to an activating group) is 1. The van der Waals surface area contributed by atoms with Crippen LogP contribution in [0.5, 0.6) is 0 Å². The van der Waals surface area contributed by atoms with Crippen molar-refractivity contribution >= 4 is 15.9 Å². The number of rotatable bonds is 6. The second kappa shape index (κ2) is 6.58. The van der Waals surface area contributed by atoms with E-state index in [1.165, 1.54) is 7.05 Å². The predicted molar refractivity (Wildman–Crippen MR) is 69.5 cm³/mol. The number of benzene rings is 1. The van der Waals surface area contributed by atoms with Crippen molar-refractivity contribution in [3.8, 4) is 0 Å². The summed E-state index contributed by atoms with van der Waals surface area (Å²) in [5.41, 5.74) is 0. The van der Waals surface area contributed by atoms with Crippen LogP contribution in [0, 0.1) is 5.82 Å². The molecule has 0 spiro atoms. The van der Waals surface area contributed by atoms with Gasteiger partial charge in [0.15, 0.2) is 5.83 Å². The molecule has 0 atom stereocenters. The van der Waals surface area contributed by atoms with E-state index < -0.39 is 27.6 Å². The number of halogens is 2. The molecule has 0 bridgehead atoms. The van der Waals surface area contributed by atoms with Crippen molar-refractivity contribution in [3.63, 3.8) is 0 Å². The predicted octanol–water partition coefficient (Wildman–Crippen LogP) is 1.05. The first kappa shape index (κ1) is 16.3. The Hall–Kier alpha value is -1.80. The number of hydrogen-bond donors (Lipinski definition) is 1. The summed E-state index contributed by atoms with van der Waals surface area (Å²) in [6.45, 7) is 2.68. The van der Waals surface area contributed by atoms with Crippen LogP contribution >= 0.6 is 0 Å². The molecule has 8 heteroatoms.